The lowest BCUT2D eigenvalue weighted by Crippen LogP contribution is -2.40. The van der Waals surface area contributed by atoms with Crippen LogP contribution in [0.3, 0.4) is 0 Å². The predicted molar refractivity (Wildman–Crippen MR) is 102 cm³/mol. The number of ether oxygens (including phenoxy) is 1. The summed E-state index contributed by atoms with van der Waals surface area (Å²) in [6.45, 7) is 5.82. The summed E-state index contributed by atoms with van der Waals surface area (Å²) in [5.74, 6) is -0.396. The van der Waals surface area contributed by atoms with E-state index in [9.17, 15) is 9.59 Å². The second kappa shape index (κ2) is 9.03. The van der Waals surface area contributed by atoms with Crippen LogP contribution in [0, 0.1) is 0 Å². The van der Waals surface area contributed by atoms with Crippen LogP contribution in [0.1, 0.15) is 77.6 Å². The fourth-order valence-corrected chi connectivity index (χ4v) is 4.73. The quantitative estimate of drug-likeness (QED) is 0.602. The topological polar surface area (TPSA) is 58.6 Å². The number of hydrogen-bond donors (Lipinski definition) is 1. The van der Waals surface area contributed by atoms with Gasteiger partial charge in [0.2, 0.25) is 0 Å². The minimum Gasteiger partial charge on any atom is -0.451 e. The second-order valence-electron chi connectivity index (χ2n) is 8.16. The van der Waals surface area contributed by atoms with Gasteiger partial charge in [0, 0.05) is 12.1 Å². The van der Waals surface area contributed by atoms with Crippen LogP contribution in [0.4, 0.5) is 0 Å². The molecule has 2 heterocycles. The molecule has 3 rings (SSSR count). The molecule has 2 aliphatic heterocycles. The summed E-state index contributed by atoms with van der Waals surface area (Å²) in [5, 5.41) is 3.07. The minimum absolute atomic E-state index is 0.0916. The van der Waals surface area contributed by atoms with Crippen LogP contribution < -0.4 is 5.32 Å². The van der Waals surface area contributed by atoms with Crippen molar-refractivity contribution >= 4 is 11.9 Å². The third-order valence-corrected chi connectivity index (χ3v) is 6.20. The van der Waals surface area contributed by atoms with Gasteiger partial charge in [-0.25, -0.2) is 4.79 Å². The van der Waals surface area contributed by atoms with Gasteiger partial charge in [-0.1, -0.05) is 25.7 Å². The van der Waals surface area contributed by atoms with Crippen molar-refractivity contribution in [3.05, 3.63) is 11.1 Å². The fraction of sp³-hybridized carbons (Fsp3) is 0.810. The summed E-state index contributed by atoms with van der Waals surface area (Å²) in [5.41, 5.74) is 0.461. The van der Waals surface area contributed by atoms with Gasteiger partial charge >= 0.3 is 5.97 Å². The molecule has 5 nitrogen and oxygen atoms in total. The molecule has 2 fully saturated rings. The van der Waals surface area contributed by atoms with Crippen molar-refractivity contribution < 1.29 is 14.3 Å². The average molecular weight is 363 g/mol. The zero-order valence-corrected chi connectivity index (χ0v) is 16.3. The summed E-state index contributed by atoms with van der Waals surface area (Å²) >= 11 is 0. The van der Waals surface area contributed by atoms with Crippen LogP contribution in [0.15, 0.2) is 11.1 Å². The Morgan fingerprint density at radius 1 is 1.04 bits per heavy atom. The number of likely N-dealkylation sites (tertiary alicyclic amines) is 1. The lowest BCUT2D eigenvalue weighted by molar-refractivity contribution is -0.148. The van der Waals surface area contributed by atoms with Gasteiger partial charge in [0.15, 0.2) is 0 Å². The predicted octanol–water partition coefficient (Wildman–Crippen LogP) is 3.34. The number of carbonyl (C=O) groups excluding carboxylic acids is 2. The van der Waals surface area contributed by atoms with Crippen molar-refractivity contribution in [1.82, 2.24) is 10.2 Å². The van der Waals surface area contributed by atoms with E-state index in [0.29, 0.717) is 17.7 Å². The number of carbonyl (C=O) groups is 2. The Bertz CT molecular complexity index is 539. The molecule has 1 amide bonds. The van der Waals surface area contributed by atoms with Crippen molar-refractivity contribution in [2.75, 3.05) is 26.2 Å². The van der Waals surface area contributed by atoms with E-state index in [-0.39, 0.29) is 11.9 Å². The maximum atomic E-state index is 12.9. The van der Waals surface area contributed by atoms with E-state index >= 15 is 0 Å². The van der Waals surface area contributed by atoms with Gasteiger partial charge < -0.3 is 15.0 Å². The monoisotopic (exact) mass is 362 g/mol. The molecule has 0 aromatic rings. The number of rotatable bonds is 5. The maximum Gasteiger partial charge on any atom is 0.335 e. The van der Waals surface area contributed by atoms with Crippen molar-refractivity contribution in [2.24, 2.45) is 0 Å². The molecule has 0 bridgehead atoms. The summed E-state index contributed by atoms with van der Waals surface area (Å²) in [6.07, 6.45) is 12.2. The Labute approximate surface area is 157 Å². The highest BCUT2D eigenvalue weighted by Crippen LogP contribution is 2.42. The summed E-state index contributed by atoms with van der Waals surface area (Å²) in [6, 6.07) is 0. The molecule has 0 aromatic heterocycles. The molecule has 1 saturated carbocycles. The third kappa shape index (κ3) is 4.48. The Balaban J connectivity index is 1.54. The second-order valence-corrected chi connectivity index (χ2v) is 8.16. The van der Waals surface area contributed by atoms with Gasteiger partial charge in [0.25, 0.3) is 5.91 Å². The van der Waals surface area contributed by atoms with E-state index in [2.05, 4.69) is 10.2 Å². The number of nitrogens with one attached hydrogen (secondary N) is 1. The maximum absolute atomic E-state index is 12.9. The molecule has 0 unspecified atom stereocenters. The van der Waals surface area contributed by atoms with Crippen LogP contribution in [0.25, 0.3) is 0 Å². The van der Waals surface area contributed by atoms with Gasteiger partial charge in [-0.3, -0.25) is 4.79 Å². The molecule has 0 atom stereocenters. The molecule has 146 valence electrons. The Hall–Kier alpha value is -1.36. The zero-order chi connectivity index (χ0) is 18.4. The number of nitrogens with zero attached hydrogens (tertiary/aromatic N) is 1. The first-order chi connectivity index (χ1) is 12.6. The summed E-state index contributed by atoms with van der Waals surface area (Å²) in [4.78, 5) is 27.6. The highest BCUT2D eigenvalue weighted by molar-refractivity contribution is 6.07. The molecule has 1 N–H and O–H groups in total. The van der Waals surface area contributed by atoms with E-state index in [1.807, 2.05) is 0 Å². The molecule has 1 aliphatic carbocycles. The number of amides is 1. The molecule has 26 heavy (non-hydrogen) atoms. The fourth-order valence-electron chi connectivity index (χ4n) is 4.73. The average Bonchev–Trinajstić information content (AvgIpc) is 2.89. The Morgan fingerprint density at radius 3 is 2.31 bits per heavy atom. The lowest BCUT2D eigenvalue weighted by Gasteiger charge is -2.29. The molecule has 1 spiro atoms. The van der Waals surface area contributed by atoms with Gasteiger partial charge in [-0.2, -0.15) is 0 Å². The first-order valence-electron chi connectivity index (χ1n) is 10.6. The van der Waals surface area contributed by atoms with E-state index in [4.69, 9.17) is 4.74 Å². The molecule has 3 aliphatic rings. The third-order valence-electron chi connectivity index (χ3n) is 6.20. The van der Waals surface area contributed by atoms with Crippen LogP contribution in [0.2, 0.25) is 0 Å². The minimum atomic E-state index is -0.660. The van der Waals surface area contributed by atoms with E-state index in [0.717, 1.165) is 51.5 Å². The smallest absolute Gasteiger partial charge is 0.335 e. The summed E-state index contributed by atoms with van der Waals surface area (Å²) < 4.78 is 5.75. The van der Waals surface area contributed by atoms with Crippen LogP contribution in [-0.2, 0) is 14.3 Å². The Kier molecular flexibility index (Phi) is 6.74. The molecular formula is C21H34N2O3. The van der Waals surface area contributed by atoms with Crippen molar-refractivity contribution in [3.63, 3.8) is 0 Å². The van der Waals surface area contributed by atoms with Crippen LogP contribution >= 0.6 is 0 Å². The van der Waals surface area contributed by atoms with Gasteiger partial charge in [0.1, 0.15) is 5.60 Å². The van der Waals surface area contributed by atoms with Crippen LogP contribution in [0.5, 0.6) is 0 Å². The van der Waals surface area contributed by atoms with E-state index < -0.39 is 5.60 Å². The largest absolute Gasteiger partial charge is 0.451 e. The highest BCUT2D eigenvalue weighted by atomic mass is 16.6. The van der Waals surface area contributed by atoms with Crippen molar-refractivity contribution in [3.8, 4) is 0 Å². The molecule has 0 radical (unpaired) electrons. The van der Waals surface area contributed by atoms with E-state index in [1.165, 1.54) is 38.8 Å². The molecule has 5 heteroatoms. The SMILES string of the molecule is CC1=C(C(=O)NCCCN2CCCCCC2)C2(CCCCCC2)OC1=O. The van der Waals surface area contributed by atoms with Gasteiger partial charge in [-0.05, 0) is 71.5 Å². The van der Waals surface area contributed by atoms with Gasteiger partial charge in [0.05, 0.1) is 5.57 Å². The molecule has 0 aromatic carbocycles. The molecular weight excluding hydrogens is 328 g/mol. The number of hydrogen-bond acceptors (Lipinski definition) is 4. The Morgan fingerprint density at radius 2 is 1.65 bits per heavy atom. The lowest BCUT2D eigenvalue weighted by atomic mass is 9.84. The highest BCUT2D eigenvalue weighted by Gasteiger charge is 2.48. The van der Waals surface area contributed by atoms with Crippen molar-refractivity contribution in [1.29, 1.82) is 0 Å². The van der Waals surface area contributed by atoms with Gasteiger partial charge in [-0.15, -0.1) is 0 Å². The molecule has 1 saturated heterocycles. The standard InChI is InChI=1S/C21H34N2O3/c1-17-18(21(26-20(17)25)11-6-2-3-7-12-21)19(24)22-13-10-16-23-14-8-4-5-9-15-23/h2-16H2,1H3,(H,22,24). The normalized spacial score (nSPS) is 24.3. The van der Waals surface area contributed by atoms with Crippen molar-refractivity contribution in [2.45, 2.75) is 83.2 Å². The van der Waals surface area contributed by atoms with Crippen LogP contribution in [-0.4, -0.2) is 48.6 Å². The first-order valence-corrected chi connectivity index (χ1v) is 10.6. The number of esters is 1. The zero-order valence-electron chi connectivity index (χ0n) is 16.3. The van der Waals surface area contributed by atoms with E-state index in [1.54, 1.807) is 6.92 Å². The first kappa shape index (κ1) is 19.4. The summed E-state index contributed by atoms with van der Waals surface area (Å²) in [7, 11) is 0.